The van der Waals surface area contributed by atoms with Crippen LogP contribution in [-0.2, 0) is 11.3 Å². The first-order valence-corrected chi connectivity index (χ1v) is 7.48. The molecule has 6 heteroatoms. The van der Waals surface area contributed by atoms with E-state index in [1.807, 2.05) is 19.0 Å². The van der Waals surface area contributed by atoms with Gasteiger partial charge in [0.15, 0.2) is 0 Å². The highest BCUT2D eigenvalue weighted by Crippen LogP contribution is 2.10. The van der Waals surface area contributed by atoms with Crippen LogP contribution in [0.15, 0.2) is 17.1 Å². The topological polar surface area (TPSA) is 59.4 Å². The van der Waals surface area contributed by atoms with Crippen molar-refractivity contribution in [1.29, 1.82) is 0 Å². The summed E-state index contributed by atoms with van der Waals surface area (Å²) in [6.45, 7) is 6.27. The first kappa shape index (κ1) is 17.7. The normalized spacial score (nSPS) is 14.0. The maximum atomic E-state index is 12.2. The van der Waals surface area contributed by atoms with E-state index in [4.69, 9.17) is 4.74 Å². The van der Waals surface area contributed by atoms with Gasteiger partial charge in [-0.15, -0.1) is 0 Å². The lowest BCUT2D eigenvalue weighted by atomic mass is 9.99. The van der Waals surface area contributed by atoms with Crippen LogP contribution in [0, 0.1) is 5.92 Å². The summed E-state index contributed by atoms with van der Waals surface area (Å²) >= 11 is 0. The van der Waals surface area contributed by atoms with Crippen LogP contribution in [0.25, 0.3) is 0 Å². The summed E-state index contributed by atoms with van der Waals surface area (Å²) in [7, 11) is 5.51. The molecule has 1 heterocycles. The van der Waals surface area contributed by atoms with Crippen LogP contribution < -0.4 is 15.8 Å². The number of nitrogens with zero attached hydrogens (tertiary/aromatic N) is 3. The maximum Gasteiger partial charge on any atom is 0.268 e. The van der Waals surface area contributed by atoms with Gasteiger partial charge in [-0.1, -0.05) is 20.3 Å². The number of hydrogen-bond acceptors (Lipinski definition) is 5. The molecule has 0 radical (unpaired) electrons. The third-order valence-electron chi connectivity index (χ3n) is 4.00. The molecule has 0 amide bonds. The van der Waals surface area contributed by atoms with E-state index in [-0.39, 0.29) is 11.6 Å². The molecule has 1 aromatic heterocycles. The van der Waals surface area contributed by atoms with Crippen molar-refractivity contribution in [2.24, 2.45) is 5.92 Å². The third-order valence-corrected chi connectivity index (χ3v) is 4.00. The SMILES string of the molecule is CCC(C)C(Cn1ncc(N(C)CCOC)cc1=O)NC. The predicted octanol–water partition coefficient (Wildman–Crippen LogP) is 0.960. The highest BCUT2D eigenvalue weighted by molar-refractivity contribution is 5.41. The summed E-state index contributed by atoms with van der Waals surface area (Å²) in [5, 5.41) is 7.56. The molecule has 120 valence electrons. The molecule has 6 nitrogen and oxygen atoms in total. The number of ether oxygens (including phenoxy) is 1. The largest absolute Gasteiger partial charge is 0.383 e. The monoisotopic (exact) mass is 296 g/mol. The lowest BCUT2D eigenvalue weighted by Gasteiger charge is -2.23. The molecule has 0 aliphatic carbocycles. The number of rotatable bonds is 9. The number of aromatic nitrogens is 2. The standard InChI is InChI=1S/C15H28N4O2/c1-6-12(2)14(16-3)11-19-15(20)9-13(10-17-19)18(4)7-8-21-5/h9-10,12,14,16H,6-8,11H2,1-5H3. The van der Waals surface area contributed by atoms with Crippen LogP contribution in [0.3, 0.4) is 0 Å². The van der Waals surface area contributed by atoms with Crippen molar-refractivity contribution in [2.75, 3.05) is 39.3 Å². The molecule has 0 aliphatic heterocycles. The number of hydrogen-bond donors (Lipinski definition) is 1. The zero-order valence-electron chi connectivity index (χ0n) is 13.8. The van der Waals surface area contributed by atoms with Gasteiger partial charge in [-0.25, -0.2) is 4.68 Å². The molecule has 0 aliphatic rings. The summed E-state index contributed by atoms with van der Waals surface area (Å²) in [4.78, 5) is 14.2. The molecule has 21 heavy (non-hydrogen) atoms. The average Bonchev–Trinajstić information content (AvgIpc) is 2.50. The molecule has 0 fully saturated rings. The van der Waals surface area contributed by atoms with E-state index in [1.165, 1.54) is 4.68 Å². The van der Waals surface area contributed by atoms with E-state index >= 15 is 0 Å². The van der Waals surface area contributed by atoms with E-state index in [2.05, 4.69) is 24.3 Å². The summed E-state index contributed by atoms with van der Waals surface area (Å²) in [5.74, 6) is 0.493. The smallest absolute Gasteiger partial charge is 0.268 e. The van der Waals surface area contributed by atoms with Crippen LogP contribution in [0.1, 0.15) is 20.3 Å². The Kier molecular flexibility index (Phi) is 7.39. The van der Waals surface area contributed by atoms with Crippen molar-refractivity contribution in [3.63, 3.8) is 0 Å². The zero-order valence-corrected chi connectivity index (χ0v) is 13.8. The van der Waals surface area contributed by atoms with Crippen molar-refractivity contribution in [3.05, 3.63) is 22.6 Å². The minimum absolute atomic E-state index is 0.0691. The van der Waals surface area contributed by atoms with Gasteiger partial charge in [0.25, 0.3) is 5.56 Å². The number of methoxy groups -OCH3 is 1. The number of anilines is 1. The van der Waals surface area contributed by atoms with Crippen molar-refractivity contribution >= 4 is 5.69 Å². The van der Waals surface area contributed by atoms with Gasteiger partial charge in [-0.05, 0) is 13.0 Å². The Balaban J connectivity index is 2.80. The van der Waals surface area contributed by atoms with Crippen LogP contribution >= 0.6 is 0 Å². The summed E-state index contributed by atoms with van der Waals surface area (Å²) in [5.41, 5.74) is 0.748. The van der Waals surface area contributed by atoms with Gasteiger partial charge in [-0.3, -0.25) is 4.79 Å². The second-order valence-corrected chi connectivity index (χ2v) is 5.43. The van der Waals surface area contributed by atoms with Crippen molar-refractivity contribution in [3.8, 4) is 0 Å². The highest BCUT2D eigenvalue weighted by atomic mass is 16.5. The summed E-state index contributed by atoms with van der Waals surface area (Å²) in [6, 6.07) is 1.88. The van der Waals surface area contributed by atoms with E-state index < -0.39 is 0 Å². The fourth-order valence-electron chi connectivity index (χ4n) is 2.15. The third kappa shape index (κ3) is 5.13. The van der Waals surface area contributed by atoms with Gasteiger partial charge in [0.1, 0.15) is 0 Å². The fourth-order valence-corrected chi connectivity index (χ4v) is 2.15. The molecule has 0 saturated heterocycles. The summed E-state index contributed by atoms with van der Waals surface area (Å²) in [6.07, 6.45) is 2.80. The second-order valence-electron chi connectivity index (χ2n) is 5.43. The van der Waals surface area contributed by atoms with Crippen molar-refractivity contribution < 1.29 is 4.74 Å². The molecule has 0 spiro atoms. The Labute approximate surface area is 127 Å². The van der Waals surface area contributed by atoms with Gasteiger partial charge in [0.05, 0.1) is 25.0 Å². The predicted molar refractivity (Wildman–Crippen MR) is 85.9 cm³/mol. The van der Waals surface area contributed by atoms with Crippen LogP contribution in [0.5, 0.6) is 0 Å². The minimum Gasteiger partial charge on any atom is -0.383 e. The Hall–Kier alpha value is -1.40. The molecule has 2 unspecified atom stereocenters. The maximum absolute atomic E-state index is 12.2. The molecule has 1 N–H and O–H groups in total. The Morgan fingerprint density at radius 1 is 1.52 bits per heavy atom. The Morgan fingerprint density at radius 2 is 2.24 bits per heavy atom. The van der Waals surface area contributed by atoms with E-state index in [0.29, 0.717) is 19.1 Å². The van der Waals surface area contributed by atoms with Crippen LogP contribution in [-0.4, -0.2) is 50.2 Å². The number of likely N-dealkylation sites (N-methyl/N-ethyl adjacent to an activating group) is 2. The number of nitrogens with one attached hydrogen (secondary N) is 1. The second kappa shape index (κ2) is 8.79. The molecule has 0 saturated carbocycles. The van der Waals surface area contributed by atoms with Gasteiger partial charge < -0.3 is 15.0 Å². The van der Waals surface area contributed by atoms with Crippen LogP contribution in [0.4, 0.5) is 5.69 Å². The molecule has 1 aromatic rings. The zero-order chi connectivity index (χ0) is 15.8. The van der Waals surface area contributed by atoms with E-state index in [9.17, 15) is 4.79 Å². The van der Waals surface area contributed by atoms with E-state index in [0.717, 1.165) is 18.7 Å². The van der Waals surface area contributed by atoms with Crippen molar-refractivity contribution in [2.45, 2.75) is 32.9 Å². The molecule has 2 atom stereocenters. The fraction of sp³-hybridized carbons (Fsp3) is 0.733. The lowest BCUT2D eigenvalue weighted by Crippen LogP contribution is -2.40. The van der Waals surface area contributed by atoms with Gasteiger partial charge >= 0.3 is 0 Å². The quantitative estimate of drug-likeness (QED) is 0.735. The molecule has 0 aromatic carbocycles. The van der Waals surface area contributed by atoms with Gasteiger partial charge in [-0.2, -0.15) is 5.10 Å². The lowest BCUT2D eigenvalue weighted by molar-refractivity contribution is 0.206. The molecular weight excluding hydrogens is 268 g/mol. The molecule has 1 rings (SSSR count). The molecular formula is C15H28N4O2. The first-order valence-electron chi connectivity index (χ1n) is 7.48. The summed E-state index contributed by atoms with van der Waals surface area (Å²) < 4.78 is 6.57. The Bertz CT molecular complexity index is 475. The van der Waals surface area contributed by atoms with Gasteiger partial charge in [0.2, 0.25) is 0 Å². The van der Waals surface area contributed by atoms with Crippen molar-refractivity contribution in [1.82, 2.24) is 15.1 Å². The molecule has 0 bridgehead atoms. The average molecular weight is 296 g/mol. The van der Waals surface area contributed by atoms with E-state index in [1.54, 1.807) is 19.4 Å². The van der Waals surface area contributed by atoms with Gasteiger partial charge in [0, 0.05) is 32.8 Å². The van der Waals surface area contributed by atoms with Crippen LogP contribution in [0.2, 0.25) is 0 Å². The highest BCUT2D eigenvalue weighted by Gasteiger charge is 2.15. The minimum atomic E-state index is -0.0691. The first-order chi connectivity index (χ1) is 10.0. The Morgan fingerprint density at radius 3 is 2.76 bits per heavy atom.